The first kappa shape index (κ1) is 11.2. The Morgan fingerprint density at radius 3 is 2.71 bits per heavy atom. The molecule has 0 radical (unpaired) electrons. The van der Waals surface area contributed by atoms with Gasteiger partial charge in [-0.25, -0.2) is 0 Å². The van der Waals surface area contributed by atoms with Gasteiger partial charge in [-0.3, -0.25) is 4.79 Å². The monoisotopic (exact) mass is 197 g/mol. The molecule has 2 N–H and O–H groups in total. The zero-order valence-electron chi connectivity index (χ0n) is 8.74. The second kappa shape index (κ2) is 5.81. The molecule has 1 aliphatic rings. The Bertz CT molecular complexity index is 213. The van der Waals surface area contributed by atoms with E-state index >= 15 is 0 Å². The molecule has 80 valence electrons. The van der Waals surface area contributed by atoms with Crippen LogP contribution in [0.25, 0.3) is 0 Å². The van der Waals surface area contributed by atoms with Crippen molar-refractivity contribution in [2.45, 2.75) is 38.6 Å². The Morgan fingerprint density at radius 1 is 1.43 bits per heavy atom. The van der Waals surface area contributed by atoms with Crippen molar-refractivity contribution in [3.05, 3.63) is 12.2 Å². The largest absolute Gasteiger partial charge is 0.466 e. The summed E-state index contributed by atoms with van der Waals surface area (Å²) >= 11 is 0. The molecular weight excluding hydrogens is 178 g/mol. The Balaban J connectivity index is 2.54. The van der Waals surface area contributed by atoms with Gasteiger partial charge in [-0.1, -0.05) is 12.2 Å². The molecule has 2 atom stereocenters. The molecule has 3 heteroatoms. The van der Waals surface area contributed by atoms with Crippen molar-refractivity contribution < 1.29 is 9.53 Å². The molecule has 0 spiro atoms. The number of hydrogen-bond acceptors (Lipinski definition) is 3. The van der Waals surface area contributed by atoms with Gasteiger partial charge in [-0.2, -0.15) is 0 Å². The molecular formula is C11H19NO2. The molecule has 1 aliphatic carbocycles. The van der Waals surface area contributed by atoms with Gasteiger partial charge in [0.05, 0.1) is 12.5 Å². The highest BCUT2D eigenvalue weighted by Crippen LogP contribution is 2.19. The smallest absolute Gasteiger partial charge is 0.310 e. The molecule has 0 saturated heterocycles. The molecule has 0 heterocycles. The minimum Gasteiger partial charge on any atom is -0.466 e. The van der Waals surface area contributed by atoms with E-state index in [9.17, 15) is 4.79 Å². The summed E-state index contributed by atoms with van der Waals surface area (Å²) in [5.41, 5.74) is 5.94. The van der Waals surface area contributed by atoms with Crippen LogP contribution >= 0.6 is 0 Å². The van der Waals surface area contributed by atoms with Crippen LogP contribution in [0.15, 0.2) is 12.2 Å². The van der Waals surface area contributed by atoms with Crippen LogP contribution < -0.4 is 5.73 Å². The van der Waals surface area contributed by atoms with Crippen molar-refractivity contribution in [2.75, 3.05) is 6.61 Å². The summed E-state index contributed by atoms with van der Waals surface area (Å²) in [5, 5.41) is 0. The molecule has 3 nitrogen and oxygen atoms in total. The number of rotatable bonds is 2. The van der Waals surface area contributed by atoms with Crippen LogP contribution in [-0.4, -0.2) is 18.6 Å². The third kappa shape index (κ3) is 3.14. The van der Waals surface area contributed by atoms with E-state index in [2.05, 4.69) is 12.2 Å². The molecule has 0 aromatic rings. The number of nitrogens with two attached hydrogens (primary N) is 1. The highest BCUT2D eigenvalue weighted by molar-refractivity contribution is 5.73. The maximum atomic E-state index is 11.5. The second-order valence-electron chi connectivity index (χ2n) is 3.65. The van der Waals surface area contributed by atoms with E-state index in [0.717, 1.165) is 25.7 Å². The minimum atomic E-state index is -0.129. The summed E-state index contributed by atoms with van der Waals surface area (Å²) in [4.78, 5) is 11.5. The van der Waals surface area contributed by atoms with Crippen LogP contribution in [0.3, 0.4) is 0 Å². The Labute approximate surface area is 85.3 Å². The lowest BCUT2D eigenvalue weighted by Crippen LogP contribution is -2.37. The standard InChI is InChI=1S/C11H19NO2/c1-2-14-11(13)9-7-5-3-4-6-8-10(9)12/h3-4,9-10H,2,5-8,12H2,1H3/b4-3-/t9-,10+/m0/s1. The van der Waals surface area contributed by atoms with E-state index in [1.807, 2.05) is 6.92 Å². The summed E-state index contributed by atoms with van der Waals surface area (Å²) in [6.07, 6.45) is 7.85. The van der Waals surface area contributed by atoms with Crippen LogP contribution in [0.2, 0.25) is 0 Å². The third-order valence-electron chi connectivity index (χ3n) is 2.58. The number of carbonyl (C=O) groups is 1. The summed E-state index contributed by atoms with van der Waals surface area (Å²) in [7, 11) is 0. The molecule has 0 aliphatic heterocycles. The quantitative estimate of drug-likeness (QED) is 0.540. The Kier molecular flexibility index (Phi) is 4.66. The Hall–Kier alpha value is -0.830. The molecule has 0 aromatic carbocycles. The van der Waals surface area contributed by atoms with Gasteiger partial charge in [0.2, 0.25) is 0 Å². The number of hydrogen-bond donors (Lipinski definition) is 1. The predicted molar refractivity (Wildman–Crippen MR) is 55.7 cm³/mol. The predicted octanol–water partition coefficient (Wildman–Crippen LogP) is 1.62. The molecule has 14 heavy (non-hydrogen) atoms. The summed E-state index contributed by atoms with van der Waals surface area (Å²) in [5.74, 6) is -0.241. The van der Waals surface area contributed by atoms with Crippen LogP contribution in [-0.2, 0) is 9.53 Å². The van der Waals surface area contributed by atoms with Gasteiger partial charge in [-0.15, -0.1) is 0 Å². The number of carbonyl (C=O) groups excluding carboxylic acids is 1. The average molecular weight is 197 g/mol. The first-order valence-corrected chi connectivity index (χ1v) is 5.33. The number of ether oxygens (including phenoxy) is 1. The molecule has 0 saturated carbocycles. The summed E-state index contributed by atoms with van der Waals surface area (Å²) in [6.45, 7) is 2.27. The highest BCUT2D eigenvalue weighted by Gasteiger charge is 2.26. The van der Waals surface area contributed by atoms with Crippen molar-refractivity contribution >= 4 is 5.97 Å². The molecule has 0 amide bonds. The summed E-state index contributed by atoms with van der Waals surface area (Å²) in [6, 6.07) is -0.0426. The van der Waals surface area contributed by atoms with Crippen molar-refractivity contribution in [1.29, 1.82) is 0 Å². The van der Waals surface area contributed by atoms with Gasteiger partial charge < -0.3 is 10.5 Å². The van der Waals surface area contributed by atoms with Gasteiger partial charge >= 0.3 is 5.97 Å². The fraction of sp³-hybridized carbons (Fsp3) is 0.727. The number of esters is 1. The maximum Gasteiger partial charge on any atom is 0.310 e. The van der Waals surface area contributed by atoms with Crippen LogP contribution in [0.5, 0.6) is 0 Å². The first-order chi connectivity index (χ1) is 6.75. The van der Waals surface area contributed by atoms with Crippen molar-refractivity contribution in [1.82, 2.24) is 0 Å². The minimum absolute atomic E-state index is 0.0426. The van der Waals surface area contributed by atoms with Crippen LogP contribution in [0.4, 0.5) is 0 Å². The fourth-order valence-electron chi connectivity index (χ4n) is 1.76. The van der Waals surface area contributed by atoms with Crippen molar-refractivity contribution in [3.8, 4) is 0 Å². The van der Waals surface area contributed by atoms with E-state index in [-0.39, 0.29) is 17.9 Å². The molecule has 0 aromatic heterocycles. The zero-order valence-corrected chi connectivity index (χ0v) is 8.74. The highest BCUT2D eigenvalue weighted by atomic mass is 16.5. The van der Waals surface area contributed by atoms with Crippen molar-refractivity contribution in [2.24, 2.45) is 11.7 Å². The van der Waals surface area contributed by atoms with Crippen LogP contribution in [0, 0.1) is 5.92 Å². The topological polar surface area (TPSA) is 52.3 Å². The SMILES string of the molecule is CCOC(=O)[C@H]1CC/C=C\CC[C@H]1N. The van der Waals surface area contributed by atoms with E-state index in [4.69, 9.17) is 10.5 Å². The van der Waals surface area contributed by atoms with Crippen LogP contribution in [0.1, 0.15) is 32.6 Å². The number of allylic oxidation sites excluding steroid dienone is 2. The lowest BCUT2D eigenvalue weighted by molar-refractivity contribution is -0.149. The van der Waals surface area contributed by atoms with E-state index in [1.165, 1.54) is 0 Å². The lowest BCUT2D eigenvalue weighted by atomic mass is 9.90. The second-order valence-corrected chi connectivity index (χ2v) is 3.65. The average Bonchev–Trinajstić information content (AvgIpc) is 2.12. The van der Waals surface area contributed by atoms with E-state index in [0.29, 0.717) is 6.61 Å². The molecule has 0 fully saturated rings. The van der Waals surface area contributed by atoms with Gasteiger partial charge in [0.25, 0.3) is 0 Å². The fourth-order valence-corrected chi connectivity index (χ4v) is 1.76. The van der Waals surface area contributed by atoms with Gasteiger partial charge in [-0.05, 0) is 32.6 Å². The van der Waals surface area contributed by atoms with Crippen molar-refractivity contribution in [3.63, 3.8) is 0 Å². The zero-order chi connectivity index (χ0) is 10.4. The maximum absolute atomic E-state index is 11.5. The lowest BCUT2D eigenvalue weighted by Gasteiger charge is -2.22. The molecule has 0 bridgehead atoms. The molecule has 1 rings (SSSR count). The Morgan fingerprint density at radius 2 is 2.07 bits per heavy atom. The third-order valence-corrected chi connectivity index (χ3v) is 2.58. The van der Waals surface area contributed by atoms with E-state index in [1.54, 1.807) is 0 Å². The van der Waals surface area contributed by atoms with Gasteiger partial charge in [0.1, 0.15) is 0 Å². The molecule has 0 unspecified atom stereocenters. The van der Waals surface area contributed by atoms with Gasteiger partial charge in [0, 0.05) is 6.04 Å². The van der Waals surface area contributed by atoms with E-state index < -0.39 is 0 Å². The van der Waals surface area contributed by atoms with Gasteiger partial charge in [0.15, 0.2) is 0 Å². The first-order valence-electron chi connectivity index (χ1n) is 5.33. The normalized spacial score (nSPS) is 30.1. The summed E-state index contributed by atoms with van der Waals surface area (Å²) < 4.78 is 5.01.